The minimum Gasteiger partial charge on any atom is -0.508 e. The SMILES string of the molecule is CC[C@@H]1CCN([C@@H](C)COc2ccc(C3Oc4ccc(O)cc4C(C)=C3c3ccc(O)c(Cl)c3)cc2)C1. The minimum absolute atomic E-state index is 0.0323. The first-order valence-corrected chi connectivity index (χ1v) is 13.4. The van der Waals surface area contributed by atoms with Crippen molar-refractivity contribution in [3.8, 4) is 23.0 Å². The number of fused-ring (bicyclic) bond motifs is 1. The molecule has 0 saturated carbocycles. The van der Waals surface area contributed by atoms with E-state index in [-0.39, 0.29) is 22.6 Å². The molecular formula is C31H34ClNO4. The van der Waals surface area contributed by atoms with Gasteiger partial charge in [-0.1, -0.05) is 43.1 Å². The molecule has 0 bridgehead atoms. The maximum absolute atomic E-state index is 10.1. The summed E-state index contributed by atoms with van der Waals surface area (Å²) in [7, 11) is 0. The Morgan fingerprint density at radius 3 is 2.57 bits per heavy atom. The molecule has 3 aromatic rings. The molecule has 5 nitrogen and oxygen atoms in total. The van der Waals surface area contributed by atoms with E-state index in [0.29, 0.717) is 18.4 Å². The van der Waals surface area contributed by atoms with Crippen molar-refractivity contribution in [2.45, 2.75) is 45.8 Å². The smallest absolute Gasteiger partial charge is 0.150 e. The fraction of sp³-hybridized carbons (Fsp3) is 0.355. The summed E-state index contributed by atoms with van der Waals surface area (Å²) in [6.45, 7) is 9.49. The molecular weight excluding hydrogens is 486 g/mol. The Balaban J connectivity index is 1.39. The van der Waals surface area contributed by atoms with Gasteiger partial charge in [-0.25, -0.2) is 0 Å². The van der Waals surface area contributed by atoms with Crippen LogP contribution in [0.3, 0.4) is 0 Å². The first-order valence-electron chi connectivity index (χ1n) is 13.0. The summed E-state index contributed by atoms with van der Waals surface area (Å²) in [6, 6.07) is 18.8. The molecule has 1 saturated heterocycles. The highest BCUT2D eigenvalue weighted by molar-refractivity contribution is 6.32. The van der Waals surface area contributed by atoms with Gasteiger partial charge in [0, 0.05) is 23.7 Å². The maximum Gasteiger partial charge on any atom is 0.150 e. The number of phenols is 2. The zero-order valence-corrected chi connectivity index (χ0v) is 22.3. The minimum atomic E-state index is -0.388. The van der Waals surface area contributed by atoms with E-state index in [1.54, 1.807) is 30.3 Å². The summed E-state index contributed by atoms with van der Waals surface area (Å²) in [5.41, 5.74) is 4.57. The molecule has 3 atom stereocenters. The van der Waals surface area contributed by atoms with Gasteiger partial charge in [-0.2, -0.15) is 0 Å². The van der Waals surface area contributed by atoms with Gasteiger partial charge >= 0.3 is 0 Å². The highest BCUT2D eigenvalue weighted by Gasteiger charge is 2.30. The maximum atomic E-state index is 10.1. The molecule has 37 heavy (non-hydrogen) atoms. The lowest BCUT2D eigenvalue weighted by Gasteiger charge is -2.31. The Hall–Kier alpha value is -3.15. The van der Waals surface area contributed by atoms with Crippen LogP contribution in [0.5, 0.6) is 23.0 Å². The molecule has 2 heterocycles. The van der Waals surface area contributed by atoms with Crippen molar-refractivity contribution in [1.29, 1.82) is 0 Å². The largest absolute Gasteiger partial charge is 0.508 e. The summed E-state index contributed by atoms with van der Waals surface area (Å²) in [5.74, 6) is 2.56. The lowest BCUT2D eigenvalue weighted by molar-refractivity contribution is 0.168. The third-order valence-electron chi connectivity index (χ3n) is 7.73. The first-order chi connectivity index (χ1) is 17.8. The van der Waals surface area contributed by atoms with E-state index in [1.807, 2.05) is 37.3 Å². The third-order valence-corrected chi connectivity index (χ3v) is 8.03. The van der Waals surface area contributed by atoms with E-state index in [1.165, 1.54) is 12.8 Å². The molecule has 2 aliphatic heterocycles. The molecule has 2 N–H and O–H groups in total. The summed E-state index contributed by atoms with van der Waals surface area (Å²) >= 11 is 6.27. The fourth-order valence-corrected chi connectivity index (χ4v) is 5.56. The van der Waals surface area contributed by atoms with Gasteiger partial charge in [-0.3, -0.25) is 4.90 Å². The molecule has 3 aromatic carbocycles. The van der Waals surface area contributed by atoms with Crippen LogP contribution in [-0.2, 0) is 0 Å². The number of allylic oxidation sites excluding steroid dienone is 1. The monoisotopic (exact) mass is 519 g/mol. The number of phenolic OH excluding ortho intramolecular Hbond substituents is 2. The van der Waals surface area contributed by atoms with Crippen molar-refractivity contribution in [1.82, 2.24) is 4.90 Å². The van der Waals surface area contributed by atoms with Crippen LogP contribution >= 0.6 is 11.6 Å². The number of benzene rings is 3. The van der Waals surface area contributed by atoms with E-state index < -0.39 is 0 Å². The molecule has 1 unspecified atom stereocenters. The number of halogens is 1. The highest BCUT2D eigenvalue weighted by Crippen LogP contribution is 2.48. The van der Waals surface area contributed by atoms with Crippen molar-refractivity contribution in [2.24, 2.45) is 5.92 Å². The summed E-state index contributed by atoms with van der Waals surface area (Å²) < 4.78 is 12.6. The number of hydrogen-bond acceptors (Lipinski definition) is 5. The number of nitrogens with zero attached hydrogens (tertiary/aromatic N) is 1. The van der Waals surface area contributed by atoms with E-state index in [2.05, 4.69) is 18.7 Å². The zero-order chi connectivity index (χ0) is 26.1. The van der Waals surface area contributed by atoms with E-state index >= 15 is 0 Å². The average molecular weight is 520 g/mol. The van der Waals surface area contributed by atoms with E-state index in [4.69, 9.17) is 21.1 Å². The highest BCUT2D eigenvalue weighted by atomic mass is 35.5. The molecule has 0 spiro atoms. The van der Waals surface area contributed by atoms with E-state index in [0.717, 1.165) is 52.6 Å². The number of likely N-dealkylation sites (tertiary alicyclic amines) is 1. The second-order valence-corrected chi connectivity index (χ2v) is 10.6. The zero-order valence-electron chi connectivity index (χ0n) is 21.6. The first kappa shape index (κ1) is 25.5. The van der Waals surface area contributed by atoms with Gasteiger partial charge in [-0.05, 0) is 91.9 Å². The molecule has 5 rings (SSSR count). The van der Waals surface area contributed by atoms with Gasteiger partial charge in [0.05, 0.1) is 5.02 Å². The number of hydrogen-bond donors (Lipinski definition) is 2. The van der Waals surface area contributed by atoms with Gasteiger partial charge in [0.25, 0.3) is 0 Å². The van der Waals surface area contributed by atoms with Gasteiger partial charge in [0.2, 0.25) is 0 Å². The molecule has 0 aliphatic carbocycles. The Kier molecular flexibility index (Phi) is 7.36. The average Bonchev–Trinajstić information content (AvgIpc) is 3.39. The molecule has 0 radical (unpaired) electrons. The lowest BCUT2D eigenvalue weighted by Crippen LogP contribution is -2.35. The summed E-state index contributed by atoms with van der Waals surface area (Å²) in [4.78, 5) is 2.52. The van der Waals surface area contributed by atoms with Crippen molar-refractivity contribution in [3.05, 3.63) is 82.4 Å². The number of rotatable bonds is 7. The fourth-order valence-electron chi connectivity index (χ4n) is 5.38. The summed E-state index contributed by atoms with van der Waals surface area (Å²) in [5, 5.41) is 20.3. The molecule has 2 aliphatic rings. The van der Waals surface area contributed by atoms with Crippen LogP contribution in [0, 0.1) is 5.92 Å². The lowest BCUT2D eigenvalue weighted by atomic mass is 9.86. The van der Waals surface area contributed by atoms with Crippen LogP contribution in [0.2, 0.25) is 5.02 Å². The molecule has 1 fully saturated rings. The molecule has 0 amide bonds. The Morgan fingerprint density at radius 1 is 1.08 bits per heavy atom. The van der Waals surface area contributed by atoms with Crippen molar-refractivity contribution >= 4 is 22.7 Å². The van der Waals surface area contributed by atoms with Crippen LogP contribution in [0.15, 0.2) is 60.7 Å². The predicted octanol–water partition coefficient (Wildman–Crippen LogP) is 7.31. The van der Waals surface area contributed by atoms with Crippen molar-refractivity contribution in [2.75, 3.05) is 19.7 Å². The van der Waals surface area contributed by atoms with Crippen LogP contribution in [0.1, 0.15) is 56.4 Å². The Morgan fingerprint density at radius 2 is 1.86 bits per heavy atom. The second kappa shape index (κ2) is 10.7. The van der Waals surface area contributed by atoms with Gasteiger partial charge < -0.3 is 19.7 Å². The van der Waals surface area contributed by atoms with Crippen molar-refractivity contribution in [3.63, 3.8) is 0 Å². The number of aromatic hydroxyl groups is 2. The molecule has 0 aromatic heterocycles. The topological polar surface area (TPSA) is 62.2 Å². The predicted molar refractivity (Wildman–Crippen MR) is 148 cm³/mol. The Labute approximate surface area is 223 Å². The standard InChI is InChI=1S/C31H34ClNO4/c1-4-21-13-14-33(17-21)19(2)18-36-25-9-5-22(6-10-25)31-30(23-7-11-28(35)27(32)15-23)20(3)26-16-24(34)8-12-29(26)37-31/h5-12,15-16,19,21,31,34-35H,4,13-14,17-18H2,1-3H3/t19-,21+,31?/m0/s1. The van der Waals surface area contributed by atoms with Gasteiger partial charge in [0.1, 0.15) is 35.7 Å². The van der Waals surface area contributed by atoms with Crippen molar-refractivity contribution < 1.29 is 19.7 Å². The Bertz CT molecular complexity index is 1300. The molecule has 6 heteroatoms. The van der Waals surface area contributed by atoms with Crippen LogP contribution in [0.25, 0.3) is 11.1 Å². The van der Waals surface area contributed by atoms with Gasteiger partial charge in [0.15, 0.2) is 0 Å². The summed E-state index contributed by atoms with van der Waals surface area (Å²) in [6.07, 6.45) is 2.13. The van der Waals surface area contributed by atoms with Crippen LogP contribution in [0.4, 0.5) is 0 Å². The normalized spacial score (nSPS) is 20.4. The van der Waals surface area contributed by atoms with Crippen LogP contribution < -0.4 is 9.47 Å². The number of ether oxygens (including phenoxy) is 2. The molecule has 194 valence electrons. The third kappa shape index (κ3) is 5.29. The van der Waals surface area contributed by atoms with E-state index in [9.17, 15) is 10.2 Å². The quantitative estimate of drug-likeness (QED) is 0.342. The van der Waals surface area contributed by atoms with Gasteiger partial charge in [-0.15, -0.1) is 0 Å². The second-order valence-electron chi connectivity index (χ2n) is 10.2. The van der Waals surface area contributed by atoms with Crippen LogP contribution in [-0.4, -0.2) is 40.9 Å².